The Hall–Kier alpha value is -1.92. The van der Waals surface area contributed by atoms with Crippen molar-refractivity contribution in [1.29, 1.82) is 0 Å². The molecule has 1 aromatic carbocycles. The number of carbonyl (C=O) groups excluding carboxylic acids is 1. The van der Waals surface area contributed by atoms with Gasteiger partial charge in [0.15, 0.2) is 0 Å². The standard InChI is InChI=1S/C18H23NO4S/c1-4-15-7-6-12-19(17(13-15)18(20)23-5-2)24(21,22)16-10-8-14(3)9-11-16/h4,7-11,17H,1,5-6,12-13H2,2-3H3. The molecule has 1 unspecified atom stereocenters. The van der Waals surface area contributed by atoms with Gasteiger partial charge in [-0.15, -0.1) is 0 Å². The number of sulfonamides is 1. The number of ether oxygens (including phenoxy) is 1. The van der Waals surface area contributed by atoms with E-state index in [1.54, 1.807) is 37.3 Å². The highest BCUT2D eigenvalue weighted by molar-refractivity contribution is 7.89. The minimum absolute atomic E-state index is 0.185. The van der Waals surface area contributed by atoms with Crippen LogP contribution in [0.3, 0.4) is 0 Å². The van der Waals surface area contributed by atoms with Gasteiger partial charge in [-0.25, -0.2) is 8.42 Å². The Kier molecular flexibility index (Phi) is 5.96. The van der Waals surface area contributed by atoms with E-state index in [0.717, 1.165) is 11.1 Å². The average Bonchev–Trinajstić information content (AvgIpc) is 2.78. The van der Waals surface area contributed by atoms with E-state index in [1.165, 1.54) is 4.31 Å². The Morgan fingerprint density at radius 3 is 2.62 bits per heavy atom. The summed E-state index contributed by atoms with van der Waals surface area (Å²) < 4.78 is 32.4. The molecule has 0 bridgehead atoms. The van der Waals surface area contributed by atoms with Gasteiger partial charge in [-0.1, -0.05) is 42.0 Å². The zero-order valence-electron chi connectivity index (χ0n) is 14.1. The summed E-state index contributed by atoms with van der Waals surface area (Å²) in [7, 11) is -3.78. The number of benzene rings is 1. The highest BCUT2D eigenvalue weighted by Gasteiger charge is 2.37. The van der Waals surface area contributed by atoms with Gasteiger partial charge in [-0.3, -0.25) is 4.79 Å². The van der Waals surface area contributed by atoms with E-state index in [4.69, 9.17) is 4.74 Å². The van der Waals surface area contributed by atoms with Crippen LogP contribution in [0.5, 0.6) is 0 Å². The van der Waals surface area contributed by atoms with Crippen molar-refractivity contribution < 1.29 is 17.9 Å². The third-order valence-corrected chi connectivity index (χ3v) is 5.90. The van der Waals surface area contributed by atoms with Gasteiger partial charge in [-0.2, -0.15) is 4.31 Å². The van der Waals surface area contributed by atoms with Crippen LogP contribution in [0, 0.1) is 6.92 Å². The van der Waals surface area contributed by atoms with Crippen molar-refractivity contribution in [3.05, 3.63) is 54.1 Å². The van der Waals surface area contributed by atoms with Crippen LogP contribution < -0.4 is 0 Å². The summed E-state index contributed by atoms with van der Waals surface area (Å²) in [5, 5.41) is 0. The molecule has 1 aliphatic heterocycles. The maximum Gasteiger partial charge on any atom is 0.324 e. The summed E-state index contributed by atoms with van der Waals surface area (Å²) in [5.41, 5.74) is 1.83. The molecular weight excluding hydrogens is 326 g/mol. The predicted octanol–water partition coefficient (Wildman–Crippen LogP) is 2.82. The molecule has 0 aliphatic carbocycles. The lowest BCUT2D eigenvalue weighted by Crippen LogP contribution is -2.45. The summed E-state index contributed by atoms with van der Waals surface area (Å²) in [5.74, 6) is -0.525. The van der Waals surface area contributed by atoms with Crippen molar-refractivity contribution in [1.82, 2.24) is 4.31 Å². The first-order valence-corrected chi connectivity index (χ1v) is 9.40. The van der Waals surface area contributed by atoms with Crippen LogP contribution in [0.25, 0.3) is 0 Å². The van der Waals surface area contributed by atoms with Gasteiger partial charge in [0.2, 0.25) is 10.0 Å². The highest BCUT2D eigenvalue weighted by Crippen LogP contribution is 2.26. The SMILES string of the molecule is C=CC1=CCCN(S(=O)(=O)c2ccc(C)cc2)C(C(=O)OCC)C1. The summed E-state index contributed by atoms with van der Waals surface area (Å²) in [6.07, 6.45) is 4.38. The minimum atomic E-state index is -3.78. The quantitative estimate of drug-likeness (QED) is 0.767. The molecule has 0 spiro atoms. The number of hydrogen-bond donors (Lipinski definition) is 0. The van der Waals surface area contributed by atoms with E-state index in [9.17, 15) is 13.2 Å². The van der Waals surface area contributed by atoms with E-state index in [0.29, 0.717) is 6.42 Å². The van der Waals surface area contributed by atoms with Gasteiger partial charge in [0.25, 0.3) is 0 Å². The van der Waals surface area contributed by atoms with Crippen molar-refractivity contribution in [2.45, 2.75) is 37.6 Å². The van der Waals surface area contributed by atoms with Gasteiger partial charge in [0.1, 0.15) is 6.04 Å². The van der Waals surface area contributed by atoms with Crippen molar-refractivity contribution >= 4 is 16.0 Å². The molecule has 0 radical (unpaired) electrons. The van der Waals surface area contributed by atoms with Crippen LogP contribution in [-0.4, -0.2) is 37.9 Å². The molecule has 0 saturated heterocycles. The van der Waals surface area contributed by atoms with Gasteiger partial charge >= 0.3 is 5.97 Å². The van der Waals surface area contributed by atoms with Crippen molar-refractivity contribution in [3.8, 4) is 0 Å². The molecule has 0 fully saturated rings. The maximum atomic E-state index is 13.0. The van der Waals surface area contributed by atoms with Crippen LogP contribution in [-0.2, 0) is 19.6 Å². The fourth-order valence-electron chi connectivity index (χ4n) is 2.68. The molecule has 0 saturated carbocycles. The highest BCUT2D eigenvalue weighted by atomic mass is 32.2. The lowest BCUT2D eigenvalue weighted by molar-refractivity contribution is -0.147. The normalized spacial score (nSPS) is 19.2. The van der Waals surface area contributed by atoms with E-state index in [2.05, 4.69) is 6.58 Å². The Morgan fingerprint density at radius 2 is 2.04 bits per heavy atom. The second kappa shape index (κ2) is 7.77. The van der Waals surface area contributed by atoms with Crippen LogP contribution >= 0.6 is 0 Å². The molecule has 6 heteroatoms. The number of carbonyl (C=O) groups is 1. The number of esters is 1. The molecule has 130 valence electrons. The smallest absolute Gasteiger partial charge is 0.324 e. The number of rotatable bonds is 5. The van der Waals surface area contributed by atoms with Crippen molar-refractivity contribution in [2.24, 2.45) is 0 Å². The molecular formula is C18H23NO4S. The minimum Gasteiger partial charge on any atom is -0.465 e. The van der Waals surface area contributed by atoms with Gasteiger partial charge in [-0.05, 0) is 38.8 Å². The first-order valence-electron chi connectivity index (χ1n) is 7.96. The van der Waals surface area contributed by atoms with E-state index in [1.807, 2.05) is 13.0 Å². The van der Waals surface area contributed by atoms with Gasteiger partial charge in [0, 0.05) is 6.54 Å². The Labute approximate surface area is 143 Å². The van der Waals surface area contributed by atoms with E-state index in [-0.39, 0.29) is 24.5 Å². The first-order chi connectivity index (χ1) is 11.4. The van der Waals surface area contributed by atoms with Crippen LogP contribution in [0.1, 0.15) is 25.3 Å². The van der Waals surface area contributed by atoms with Crippen LogP contribution in [0.2, 0.25) is 0 Å². The Balaban J connectivity index is 2.41. The summed E-state index contributed by atoms with van der Waals surface area (Å²) in [4.78, 5) is 12.5. The summed E-state index contributed by atoms with van der Waals surface area (Å²) in [6, 6.07) is 5.76. The Bertz CT molecular complexity index is 735. The fourth-order valence-corrected chi connectivity index (χ4v) is 4.27. The molecule has 1 aromatic rings. The Morgan fingerprint density at radius 1 is 1.38 bits per heavy atom. The van der Waals surface area contributed by atoms with Crippen LogP contribution in [0.15, 0.2) is 53.5 Å². The molecule has 0 amide bonds. The molecule has 1 atom stereocenters. The van der Waals surface area contributed by atoms with Crippen molar-refractivity contribution in [3.63, 3.8) is 0 Å². The molecule has 1 heterocycles. The lowest BCUT2D eigenvalue weighted by Gasteiger charge is -2.28. The number of aryl methyl sites for hydroxylation is 1. The molecule has 0 aromatic heterocycles. The number of nitrogens with zero attached hydrogens (tertiary/aromatic N) is 1. The molecule has 24 heavy (non-hydrogen) atoms. The maximum absolute atomic E-state index is 13.0. The third kappa shape index (κ3) is 3.94. The summed E-state index contributed by atoms with van der Waals surface area (Å²) >= 11 is 0. The zero-order chi connectivity index (χ0) is 17.7. The molecule has 0 N–H and O–H groups in total. The first kappa shape index (κ1) is 18.4. The van der Waals surface area contributed by atoms with E-state index >= 15 is 0 Å². The number of allylic oxidation sites excluding steroid dienone is 1. The van der Waals surface area contributed by atoms with Gasteiger partial charge in [0.05, 0.1) is 11.5 Å². The van der Waals surface area contributed by atoms with E-state index < -0.39 is 22.0 Å². The topological polar surface area (TPSA) is 63.7 Å². The van der Waals surface area contributed by atoms with Crippen LogP contribution in [0.4, 0.5) is 0 Å². The van der Waals surface area contributed by atoms with Crippen molar-refractivity contribution in [2.75, 3.05) is 13.2 Å². The second-order valence-electron chi connectivity index (χ2n) is 5.67. The number of hydrogen-bond acceptors (Lipinski definition) is 4. The third-order valence-electron chi connectivity index (χ3n) is 3.98. The largest absolute Gasteiger partial charge is 0.465 e. The monoisotopic (exact) mass is 349 g/mol. The van der Waals surface area contributed by atoms with Gasteiger partial charge < -0.3 is 4.74 Å². The predicted molar refractivity (Wildman–Crippen MR) is 93.0 cm³/mol. The lowest BCUT2D eigenvalue weighted by atomic mass is 10.1. The second-order valence-corrected chi connectivity index (χ2v) is 7.56. The average molecular weight is 349 g/mol. The summed E-state index contributed by atoms with van der Waals surface area (Å²) in [6.45, 7) is 7.77. The zero-order valence-corrected chi connectivity index (χ0v) is 14.9. The fraction of sp³-hybridized carbons (Fsp3) is 0.389. The molecule has 1 aliphatic rings. The molecule has 5 nitrogen and oxygen atoms in total. The molecule has 2 rings (SSSR count).